The lowest BCUT2D eigenvalue weighted by Crippen LogP contribution is -2.25. The van der Waals surface area contributed by atoms with Crippen LogP contribution in [0.4, 0.5) is 5.69 Å². The average Bonchev–Trinajstić information content (AvgIpc) is 3.19. The topological polar surface area (TPSA) is 52.6 Å². The number of carbonyl (C=O) groups is 1. The van der Waals surface area contributed by atoms with Crippen LogP contribution in [-0.2, 0) is 11.4 Å². The van der Waals surface area contributed by atoms with Crippen molar-refractivity contribution in [3.8, 4) is 5.75 Å². The molecule has 0 N–H and O–H groups in total. The molecule has 1 aliphatic carbocycles. The third kappa shape index (κ3) is 3.17. The first-order valence-corrected chi connectivity index (χ1v) is 7.42. The van der Waals surface area contributed by atoms with Crippen LogP contribution in [0, 0.1) is 5.92 Å². The summed E-state index contributed by atoms with van der Waals surface area (Å²) in [4.78, 5) is 10.8. The SMILES string of the molecule is CN(c1cc(C=O)ccc1OCC1CC1)[S+](C)[O-]. The van der Waals surface area contributed by atoms with E-state index in [9.17, 15) is 9.35 Å². The fourth-order valence-electron chi connectivity index (χ4n) is 1.61. The van der Waals surface area contributed by atoms with E-state index in [0.29, 0.717) is 29.5 Å². The Balaban J connectivity index is 2.21. The smallest absolute Gasteiger partial charge is 0.150 e. The largest absolute Gasteiger partial charge is 0.593 e. The van der Waals surface area contributed by atoms with Gasteiger partial charge in [-0.3, -0.25) is 4.79 Å². The molecule has 2 rings (SSSR count). The van der Waals surface area contributed by atoms with Crippen LogP contribution in [0.3, 0.4) is 0 Å². The monoisotopic (exact) mass is 267 g/mol. The minimum atomic E-state index is -1.14. The first-order chi connectivity index (χ1) is 8.61. The van der Waals surface area contributed by atoms with Crippen LogP contribution in [0.15, 0.2) is 18.2 Å². The van der Waals surface area contributed by atoms with Crippen molar-refractivity contribution in [2.45, 2.75) is 12.8 Å². The van der Waals surface area contributed by atoms with Gasteiger partial charge in [-0.25, -0.2) is 0 Å². The maximum atomic E-state index is 11.5. The van der Waals surface area contributed by atoms with Gasteiger partial charge < -0.3 is 9.29 Å². The van der Waals surface area contributed by atoms with E-state index in [4.69, 9.17) is 4.74 Å². The molecule has 0 amide bonds. The van der Waals surface area contributed by atoms with E-state index in [2.05, 4.69) is 0 Å². The molecule has 1 aliphatic rings. The second-order valence-electron chi connectivity index (χ2n) is 4.52. The predicted octanol–water partition coefficient (Wildman–Crippen LogP) is 2.02. The predicted molar refractivity (Wildman–Crippen MR) is 72.5 cm³/mol. The molecular formula is C13H17NO3S. The van der Waals surface area contributed by atoms with Crippen molar-refractivity contribution in [3.63, 3.8) is 0 Å². The van der Waals surface area contributed by atoms with Gasteiger partial charge in [0, 0.05) is 5.56 Å². The molecular weight excluding hydrogens is 250 g/mol. The fraction of sp³-hybridized carbons (Fsp3) is 0.462. The van der Waals surface area contributed by atoms with Gasteiger partial charge in [-0.1, -0.05) is 0 Å². The third-order valence-electron chi connectivity index (χ3n) is 3.02. The van der Waals surface area contributed by atoms with Gasteiger partial charge in [0.25, 0.3) is 0 Å². The molecule has 0 spiro atoms. The summed E-state index contributed by atoms with van der Waals surface area (Å²) < 4.78 is 18.9. The number of hydrogen-bond donors (Lipinski definition) is 0. The molecule has 0 bridgehead atoms. The van der Waals surface area contributed by atoms with Gasteiger partial charge >= 0.3 is 0 Å². The third-order valence-corrected chi connectivity index (χ3v) is 3.98. The Labute approximate surface area is 110 Å². The van der Waals surface area contributed by atoms with Crippen LogP contribution >= 0.6 is 0 Å². The van der Waals surface area contributed by atoms with Gasteiger partial charge in [-0.2, -0.15) is 4.31 Å². The lowest BCUT2D eigenvalue weighted by atomic mass is 10.2. The molecule has 4 nitrogen and oxygen atoms in total. The molecule has 0 saturated heterocycles. The van der Waals surface area contributed by atoms with Gasteiger partial charge in [0.15, 0.2) is 0 Å². The lowest BCUT2D eigenvalue weighted by Gasteiger charge is -2.21. The van der Waals surface area contributed by atoms with Gasteiger partial charge in [-0.15, -0.1) is 0 Å². The first kappa shape index (κ1) is 13.2. The van der Waals surface area contributed by atoms with E-state index in [1.165, 1.54) is 12.8 Å². The second kappa shape index (κ2) is 5.63. The van der Waals surface area contributed by atoms with Crippen molar-refractivity contribution in [3.05, 3.63) is 23.8 Å². The zero-order valence-corrected chi connectivity index (χ0v) is 11.4. The van der Waals surface area contributed by atoms with Crippen LogP contribution < -0.4 is 9.04 Å². The number of aldehydes is 1. The molecule has 0 aliphatic heterocycles. The molecule has 18 heavy (non-hydrogen) atoms. The zero-order valence-electron chi connectivity index (χ0n) is 10.6. The Morgan fingerprint density at radius 2 is 2.28 bits per heavy atom. The Morgan fingerprint density at radius 1 is 1.56 bits per heavy atom. The zero-order chi connectivity index (χ0) is 13.1. The van der Waals surface area contributed by atoms with Crippen molar-refractivity contribution in [1.29, 1.82) is 0 Å². The molecule has 0 radical (unpaired) electrons. The van der Waals surface area contributed by atoms with Crippen molar-refractivity contribution in [1.82, 2.24) is 0 Å². The maximum Gasteiger partial charge on any atom is 0.150 e. The number of nitrogens with zero attached hydrogens (tertiary/aromatic N) is 1. The summed E-state index contributed by atoms with van der Waals surface area (Å²) in [6.45, 7) is 0.692. The highest BCUT2D eigenvalue weighted by molar-refractivity contribution is 7.92. The van der Waals surface area contributed by atoms with E-state index in [-0.39, 0.29) is 0 Å². The Hall–Kier alpha value is -1.20. The van der Waals surface area contributed by atoms with Crippen molar-refractivity contribution >= 4 is 23.3 Å². The molecule has 1 aromatic rings. The highest BCUT2D eigenvalue weighted by atomic mass is 32.2. The van der Waals surface area contributed by atoms with Crippen molar-refractivity contribution in [2.75, 3.05) is 24.2 Å². The molecule has 0 aromatic heterocycles. The minimum Gasteiger partial charge on any atom is -0.593 e. The number of hydrogen-bond acceptors (Lipinski definition) is 4. The van der Waals surface area contributed by atoms with E-state index in [1.54, 1.807) is 35.8 Å². The number of rotatable bonds is 6. The minimum absolute atomic E-state index is 0.557. The Bertz CT molecular complexity index is 432. The summed E-state index contributed by atoms with van der Waals surface area (Å²) >= 11 is -1.14. The van der Waals surface area contributed by atoms with Crippen LogP contribution in [0.25, 0.3) is 0 Å². The molecule has 1 fully saturated rings. The number of ether oxygens (including phenoxy) is 1. The van der Waals surface area contributed by atoms with Crippen molar-refractivity contribution < 1.29 is 14.1 Å². The maximum absolute atomic E-state index is 11.5. The standard InChI is InChI=1S/C13H17NO3S/c1-14(18(2)16)12-7-11(8-15)5-6-13(12)17-9-10-3-4-10/h5-8,10H,3-4,9H2,1-2H3. The van der Waals surface area contributed by atoms with Gasteiger partial charge in [0.2, 0.25) is 0 Å². The van der Waals surface area contributed by atoms with E-state index >= 15 is 0 Å². The highest BCUT2D eigenvalue weighted by Crippen LogP contribution is 2.34. The summed E-state index contributed by atoms with van der Waals surface area (Å²) in [5.74, 6) is 1.34. The Morgan fingerprint density at radius 3 is 2.83 bits per heavy atom. The number of carbonyl (C=O) groups excluding carboxylic acids is 1. The summed E-state index contributed by atoms with van der Waals surface area (Å²) in [5, 5.41) is 0. The van der Waals surface area contributed by atoms with E-state index in [1.807, 2.05) is 0 Å². The molecule has 0 heterocycles. The quantitative estimate of drug-likeness (QED) is 0.584. The summed E-state index contributed by atoms with van der Waals surface area (Å²) in [5.41, 5.74) is 1.25. The lowest BCUT2D eigenvalue weighted by molar-refractivity contribution is 0.112. The number of benzene rings is 1. The van der Waals surface area contributed by atoms with Gasteiger partial charge in [0.05, 0.1) is 25.0 Å². The van der Waals surface area contributed by atoms with Gasteiger partial charge in [0.1, 0.15) is 24.0 Å². The average molecular weight is 267 g/mol. The first-order valence-electron chi connectivity index (χ1n) is 5.91. The van der Waals surface area contributed by atoms with E-state index in [0.717, 1.165) is 6.29 Å². The normalized spacial score (nSPS) is 16.2. The highest BCUT2D eigenvalue weighted by Gasteiger charge is 2.23. The molecule has 5 heteroatoms. The van der Waals surface area contributed by atoms with E-state index < -0.39 is 11.4 Å². The molecule has 1 saturated carbocycles. The van der Waals surface area contributed by atoms with Crippen LogP contribution in [0.1, 0.15) is 23.2 Å². The number of anilines is 1. The fourth-order valence-corrected chi connectivity index (χ4v) is 2.03. The van der Waals surface area contributed by atoms with Crippen molar-refractivity contribution in [2.24, 2.45) is 5.92 Å². The summed E-state index contributed by atoms with van der Waals surface area (Å²) in [6.07, 6.45) is 4.81. The Kier molecular flexibility index (Phi) is 4.14. The summed E-state index contributed by atoms with van der Waals surface area (Å²) in [7, 11) is 1.73. The van der Waals surface area contributed by atoms with Crippen LogP contribution in [0.5, 0.6) is 5.75 Å². The molecule has 1 aromatic carbocycles. The summed E-state index contributed by atoms with van der Waals surface area (Å²) in [6, 6.07) is 5.19. The van der Waals surface area contributed by atoms with Crippen LogP contribution in [-0.4, -0.2) is 30.7 Å². The van der Waals surface area contributed by atoms with Crippen LogP contribution in [0.2, 0.25) is 0 Å². The van der Waals surface area contributed by atoms with Gasteiger partial charge in [-0.05, 0) is 37.0 Å². The molecule has 1 atom stereocenters. The second-order valence-corrected chi connectivity index (χ2v) is 5.92. The molecule has 1 unspecified atom stereocenters. The molecule has 98 valence electrons.